The Hall–Kier alpha value is -4.28. The molecule has 0 fully saturated rings. The number of nitro groups is 1. The summed E-state index contributed by atoms with van der Waals surface area (Å²) in [6, 6.07) is 9.50. The molecular formula is C22H22N4O7. The summed E-state index contributed by atoms with van der Waals surface area (Å²) in [5.74, 6) is -0.732. The molecule has 0 saturated carbocycles. The number of carbonyl (C=O) groups is 2. The Morgan fingerprint density at radius 3 is 2.39 bits per heavy atom. The number of hydrogen-bond acceptors (Lipinski definition) is 9. The minimum atomic E-state index is -0.858. The van der Waals surface area contributed by atoms with E-state index in [4.69, 9.17) is 14.2 Å². The van der Waals surface area contributed by atoms with E-state index in [1.54, 1.807) is 38.1 Å². The Morgan fingerprint density at radius 1 is 1.12 bits per heavy atom. The van der Waals surface area contributed by atoms with Crippen LogP contribution in [0.5, 0.6) is 11.5 Å². The Labute approximate surface area is 189 Å². The molecular weight excluding hydrogens is 432 g/mol. The molecule has 0 aliphatic rings. The van der Waals surface area contributed by atoms with E-state index in [0.717, 1.165) is 5.56 Å². The van der Waals surface area contributed by atoms with Crippen molar-refractivity contribution in [2.24, 2.45) is 0 Å². The fourth-order valence-electron chi connectivity index (χ4n) is 3.24. The summed E-state index contributed by atoms with van der Waals surface area (Å²) in [5, 5.41) is 19.5. The van der Waals surface area contributed by atoms with Crippen molar-refractivity contribution in [2.45, 2.75) is 20.4 Å². The second-order valence-electron chi connectivity index (χ2n) is 6.94. The summed E-state index contributed by atoms with van der Waals surface area (Å²) >= 11 is 0. The summed E-state index contributed by atoms with van der Waals surface area (Å²) in [7, 11) is 2.93. The van der Waals surface area contributed by atoms with Gasteiger partial charge in [0.05, 0.1) is 32.3 Å². The average molecular weight is 454 g/mol. The van der Waals surface area contributed by atoms with Crippen LogP contribution in [-0.4, -0.2) is 52.5 Å². The number of rotatable bonds is 9. The molecule has 33 heavy (non-hydrogen) atoms. The van der Waals surface area contributed by atoms with Gasteiger partial charge in [0.2, 0.25) is 11.5 Å². The Kier molecular flexibility index (Phi) is 7.01. The molecule has 2 aromatic carbocycles. The van der Waals surface area contributed by atoms with E-state index in [1.807, 2.05) is 0 Å². The summed E-state index contributed by atoms with van der Waals surface area (Å²) in [6.45, 7) is 3.36. The van der Waals surface area contributed by atoms with Crippen molar-refractivity contribution in [3.05, 3.63) is 74.6 Å². The average Bonchev–Trinajstić information content (AvgIpc) is 3.22. The standard InChI is InChI=1S/C22H22N4O7/c1-5-33-22(28)19-20(25(24-23-19)12-14-6-8-15(31-3)9-7-14)21(27)16-11-18(32-4)13(2)10-17(16)26(29)30/h6-11H,5,12H2,1-4H3. The second kappa shape index (κ2) is 9.90. The quantitative estimate of drug-likeness (QED) is 0.207. The van der Waals surface area contributed by atoms with Gasteiger partial charge in [-0.2, -0.15) is 0 Å². The van der Waals surface area contributed by atoms with Crippen LogP contribution in [0.2, 0.25) is 0 Å². The van der Waals surface area contributed by atoms with E-state index in [9.17, 15) is 19.7 Å². The molecule has 11 nitrogen and oxygen atoms in total. The number of esters is 1. The fraction of sp³-hybridized carbons (Fsp3) is 0.273. The maximum Gasteiger partial charge on any atom is 0.361 e. The maximum atomic E-state index is 13.6. The molecule has 0 spiro atoms. The van der Waals surface area contributed by atoms with Crippen LogP contribution in [0.3, 0.4) is 0 Å². The van der Waals surface area contributed by atoms with Crippen molar-refractivity contribution in [2.75, 3.05) is 20.8 Å². The van der Waals surface area contributed by atoms with Crippen LogP contribution in [0.15, 0.2) is 36.4 Å². The van der Waals surface area contributed by atoms with Gasteiger partial charge in [-0.3, -0.25) is 14.9 Å². The van der Waals surface area contributed by atoms with Crippen LogP contribution in [0, 0.1) is 17.0 Å². The topological polar surface area (TPSA) is 136 Å². The lowest BCUT2D eigenvalue weighted by Gasteiger charge is -2.11. The number of benzene rings is 2. The fourth-order valence-corrected chi connectivity index (χ4v) is 3.24. The zero-order chi connectivity index (χ0) is 24.1. The lowest BCUT2D eigenvalue weighted by atomic mass is 10.0. The van der Waals surface area contributed by atoms with Crippen molar-refractivity contribution >= 4 is 17.4 Å². The number of ketones is 1. The van der Waals surface area contributed by atoms with Crippen molar-refractivity contribution in [1.29, 1.82) is 0 Å². The first-order valence-electron chi connectivity index (χ1n) is 9.91. The minimum Gasteiger partial charge on any atom is -0.497 e. The van der Waals surface area contributed by atoms with Crippen LogP contribution < -0.4 is 9.47 Å². The number of nitrogens with zero attached hydrogens (tertiary/aromatic N) is 4. The third-order valence-electron chi connectivity index (χ3n) is 4.86. The minimum absolute atomic E-state index is 0.0519. The normalized spacial score (nSPS) is 10.5. The molecule has 0 radical (unpaired) electrons. The molecule has 0 unspecified atom stereocenters. The van der Waals surface area contributed by atoms with Gasteiger partial charge in [-0.05, 0) is 43.2 Å². The number of aromatic nitrogens is 3. The number of aryl methyl sites for hydroxylation is 1. The molecule has 0 atom stereocenters. The van der Waals surface area contributed by atoms with Gasteiger partial charge >= 0.3 is 5.97 Å². The number of carbonyl (C=O) groups excluding carboxylic acids is 2. The maximum absolute atomic E-state index is 13.6. The van der Waals surface area contributed by atoms with E-state index >= 15 is 0 Å². The van der Waals surface area contributed by atoms with Gasteiger partial charge in [0, 0.05) is 6.07 Å². The number of methoxy groups -OCH3 is 2. The van der Waals surface area contributed by atoms with Crippen LogP contribution in [0.4, 0.5) is 5.69 Å². The summed E-state index contributed by atoms with van der Waals surface area (Å²) in [4.78, 5) is 37.1. The molecule has 172 valence electrons. The lowest BCUT2D eigenvalue weighted by Crippen LogP contribution is -2.18. The van der Waals surface area contributed by atoms with Gasteiger partial charge in [0.15, 0.2) is 0 Å². The highest BCUT2D eigenvalue weighted by molar-refractivity contribution is 6.15. The molecule has 0 bridgehead atoms. The summed E-state index contributed by atoms with van der Waals surface area (Å²) in [6.07, 6.45) is 0. The SMILES string of the molecule is CCOC(=O)c1nnn(Cc2ccc(OC)cc2)c1C(=O)c1cc(OC)c(C)cc1[N+](=O)[O-]. The predicted molar refractivity (Wildman–Crippen MR) is 116 cm³/mol. The van der Waals surface area contributed by atoms with E-state index in [1.165, 1.54) is 31.0 Å². The highest BCUT2D eigenvalue weighted by Crippen LogP contribution is 2.30. The zero-order valence-corrected chi connectivity index (χ0v) is 18.5. The monoisotopic (exact) mass is 454 g/mol. The van der Waals surface area contributed by atoms with Crippen molar-refractivity contribution < 1.29 is 28.7 Å². The number of ether oxygens (including phenoxy) is 3. The molecule has 11 heteroatoms. The van der Waals surface area contributed by atoms with Crippen molar-refractivity contribution in [1.82, 2.24) is 15.0 Å². The molecule has 3 aromatic rings. The van der Waals surface area contributed by atoms with Gasteiger partial charge in [-0.1, -0.05) is 17.3 Å². The molecule has 3 rings (SSSR count). The molecule has 0 aliphatic carbocycles. The Balaban J connectivity index is 2.15. The van der Waals surface area contributed by atoms with Crippen LogP contribution >= 0.6 is 0 Å². The molecule has 0 N–H and O–H groups in total. The smallest absolute Gasteiger partial charge is 0.361 e. The highest BCUT2D eigenvalue weighted by atomic mass is 16.6. The van der Waals surface area contributed by atoms with Crippen LogP contribution in [-0.2, 0) is 11.3 Å². The first-order valence-corrected chi connectivity index (χ1v) is 9.91. The highest BCUT2D eigenvalue weighted by Gasteiger charge is 2.32. The second-order valence-corrected chi connectivity index (χ2v) is 6.94. The Bertz CT molecular complexity index is 1200. The third kappa shape index (κ3) is 4.81. The van der Waals surface area contributed by atoms with E-state index in [0.29, 0.717) is 11.3 Å². The molecule has 1 heterocycles. The Morgan fingerprint density at radius 2 is 1.82 bits per heavy atom. The van der Waals surface area contributed by atoms with E-state index in [2.05, 4.69) is 10.3 Å². The predicted octanol–water partition coefficient (Wildman–Crippen LogP) is 2.97. The van der Waals surface area contributed by atoms with Gasteiger partial charge < -0.3 is 14.2 Å². The van der Waals surface area contributed by atoms with Gasteiger partial charge in [0.25, 0.3) is 5.69 Å². The van der Waals surface area contributed by atoms with Gasteiger partial charge in [-0.15, -0.1) is 5.10 Å². The lowest BCUT2D eigenvalue weighted by molar-refractivity contribution is -0.385. The first-order chi connectivity index (χ1) is 15.8. The largest absolute Gasteiger partial charge is 0.497 e. The van der Waals surface area contributed by atoms with Crippen LogP contribution in [0.1, 0.15) is 44.6 Å². The zero-order valence-electron chi connectivity index (χ0n) is 18.5. The first kappa shape index (κ1) is 23.4. The van der Waals surface area contributed by atoms with Crippen molar-refractivity contribution in [3.63, 3.8) is 0 Å². The van der Waals surface area contributed by atoms with Crippen LogP contribution in [0.25, 0.3) is 0 Å². The van der Waals surface area contributed by atoms with Gasteiger partial charge in [0.1, 0.15) is 22.8 Å². The van der Waals surface area contributed by atoms with E-state index in [-0.39, 0.29) is 35.9 Å². The molecule has 0 amide bonds. The third-order valence-corrected chi connectivity index (χ3v) is 4.86. The molecule has 0 aliphatic heterocycles. The number of hydrogen-bond donors (Lipinski definition) is 0. The summed E-state index contributed by atoms with van der Waals surface area (Å²) < 4.78 is 16.6. The number of nitro benzene ring substituents is 1. The summed E-state index contributed by atoms with van der Waals surface area (Å²) in [5.41, 5.74) is -0.0172. The molecule has 1 aromatic heterocycles. The van der Waals surface area contributed by atoms with E-state index < -0.39 is 22.4 Å². The van der Waals surface area contributed by atoms with Gasteiger partial charge in [-0.25, -0.2) is 9.48 Å². The van der Waals surface area contributed by atoms with Crippen molar-refractivity contribution in [3.8, 4) is 11.5 Å². The molecule has 0 saturated heterocycles.